The minimum atomic E-state index is -2.60. The van der Waals surface area contributed by atoms with Crippen LogP contribution in [0, 0.1) is 11.8 Å². The monoisotopic (exact) mass is 232 g/mol. The summed E-state index contributed by atoms with van der Waals surface area (Å²) in [5.41, 5.74) is 5.55. The summed E-state index contributed by atoms with van der Waals surface area (Å²) >= 11 is 0. The first-order valence-electron chi connectivity index (χ1n) is 5.88. The SMILES string of the molecule is NCC1CCN(C(=O)C2CC(F)(F)C2)CC1. The molecule has 92 valence electrons. The zero-order valence-electron chi connectivity index (χ0n) is 9.29. The lowest BCUT2D eigenvalue weighted by Crippen LogP contribution is -2.49. The molecule has 1 saturated heterocycles. The van der Waals surface area contributed by atoms with E-state index >= 15 is 0 Å². The quantitative estimate of drug-likeness (QED) is 0.778. The molecule has 2 N–H and O–H groups in total. The molecule has 0 bridgehead atoms. The highest BCUT2D eigenvalue weighted by atomic mass is 19.3. The first-order chi connectivity index (χ1) is 7.52. The van der Waals surface area contributed by atoms with E-state index in [4.69, 9.17) is 5.73 Å². The van der Waals surface area contributed by atoms with Gasteiger partial charge < -0.3 is 10.6 Å². The zero-order chi connectivity index (χ0) is 11.8. The molecule has 0 radical (unpaired) electrons. The Morgan fingerprint density at radius 1 is 1.31 bits per heavy atom. The van der Waals surface area contributed by atoms with Crippen LogP contribution in [0.3, 0.4) is 0 Å². The topological polar surface area (TPSA) is 46.3 Å². The predicted octanol–water partition coefficient (Wildman–Crippen LogP) is 1.23. The molecule has 1 aliphatic heterocycles. The second kappa shape index (κ2) is 4.28. The maximum atomic E-state index is 12.6. The van der Waals surface area contributed by atoms with Gasteiger partial charge in [0.05, 0.1) is 0 Å². The fraction of sp³-hybridized carbons (Fsp3) is 0.909. The van der Waals surface area contributed by atoms with E-state index < -0.39 is 11.8 Å². The Morgan fingerprint density at radius 2 is 1.88 bits per heavy atom. The third-order valence-electron chi connectivity index (χ3n) is 3.70. The van der Waals surface area contributed by atoms with Gasteiger partial charge in [0.1, 0.15) is 0 Å². The summed E-state index contributed by atoms with van der Waals surface area (Å²) in [6, 6.07) is 0. The molecule has 0 aromatic rings. The van der Waals surface area contributed by atoms with Crippen molar-refractivity contribution in [2.45, 2.75) is 31.6 Å². The molecule has 1 heterocycles. The number of halogens is 2. The lowest BCUT2D eigenvalue weighted by atomic mass is 9.80. The fourth-order valence-corrected chi connectivity index (χ4v) is 2.48. The fourth-order valence-electron chi connectivity index (χ4n) is 2.48. The number of alkyl halides is 2. The average Bonchev–Trinajstić information content (AvgIpc) is 2.25. The number of carbonyl (C=O) groups is 1. The number of nitrogens with two attached hydrogens (primary N) is 1. The molecule has 1 aliphatic carbocycles. The Bertz CT molecular complexity index is 267. The summed E-state index contributed by atoms with van der Waals surface area (Å²) in [4.78, 5) is 13.6. The van der Waals surface area contributed by atoms with Crippen molar-refractivity contribution in [1.82, 2.24) is 4.90 Å². The average molecular weight is 232 g/mol. The van der Waals surface area contributed by atoms with E-state index in [2.05, 4.69) is 0 Å². The van der Waals surface area contributed by atoms with E-state index in [0.29, 0.717) is 25.6 Å². The number of nitrogens with zero attached hydrogens (tertiary/aromatic N) is 1. The third-order valence-corrected chi connectivity index (χ3v) is 3.70. The molecule has 16 heavy (non-hydrogen) atoms. The number of likely N-dealkylation sites (tertiary alicyclic amines) is 1. The molecule has 0 spiro atoms. The Morgan fingerprint density at radius 3 is 2.31 bits per heavy atom. The van der Waals surface area contributed by atoms with Crippen LogP contribution in [-0.2, 0) is 4.79 Å². The number of amides is 1. The number of carbonyl (C=O) groups excluding carboxylic acids is 1. The van der Waals surface area contributed by atoms with E-state index in [0.717, 1.165) is 12.8 Å². The van der Waals surface area contributed by atoms with Crippen LogP contribution in [0.5, 0.6) is 0 Å². The highest BCUT2D eigenvalue weighted by molar-refractivity contribution is 5.80. The molecule has 5 heteroatoms. The van der Waals surface area contributed by atoms with Crippen LogP contribution in [0.4, 0.5) is 8.78 Å². The van der Waals surface area contributed by atoms with Crippen LogP contribution in [-0.4, -0.2) is 36.4 Å². The van der Waals surface area contributed by atoms with Crippen LogP contribution in [0.15, 0.2) is 0 Å². The van der Waals surface area contributed by atoms with Crippen molar-refractivity contribution in [1.29, 1.82) is 0 Å². The van der Waals surface area contributed by atoms with Gasteiger partial charge in [-0.05, 0) is 25.3 Å². The van der Waals surface area contributed by atoms with E-state index in [1.807, 2.05) is 0 Å². The smallest absolute Gasteiger partial charge is 0.249 e. The molecular weight excluding hydrogens is 214 g/mol. The zero-order valence-corrected chi connectivity index (χ0v) is 9.29. The van der Waals surface area contributed by atoms with Crippen molar-refractivity contribution in [3.05, 3.63) is 0 Å². The van der Waals surface area contributed by atoms with Gasteiger partial charge in [-0.1, -0.05) is 0 Å². The standard InChI is InChI=1S/C11H18F2N2O/c12-11(13)5-9(6-11)10(16)15-3-1-8(7-14)2-4-15/h8-9H,1-7,14H2. The number of rotatable bonds is 2. The van der Waals surface area contributed by atoms with Gasteiger partial charge in [-0.2, -0.15) is 0 Å². The maximum absolute atomic E-state index is 12.6. The number of hydrogen-bond donors (Lipinski definition) is 1. The van der Waals surface area contributed by atoms with Crippen LogP contribution in [0.1, 0.15) is 25.7 Å². The van der Waals surface area contributed by atoms with Crippen LogP contribution in [0.25, 0.3) is 0 Å². The molecule has 0 aromatic heterocycles. The van der Waals surface area contributed by atoms with Gasteiger partial charge in [-0.3, -0.25) is 4.79 Å². The van der Waals surface area contributed by atoms with Crippen LogP contribution < -0.4 is 5.73 Å². The van der Waals surface area contributed by atoms with Gasteiger partial charge in [-0.25, -0.2) is 8.78 Å². The van der Waals surface area contributed by atoms with Crippen molar-refractivity contribution in [2.24, 2.45) is 17.6 Å². The summed E-state index contributed by atoms with van der Waals surface area (Å²) in [5.74, 6) is -2.63. The molecular formula is C11H18F2N2O. The molecule has 3 nitrogen and oxygen atoms in total. The minimum Gasteiger partial charge on any atom is -0.342 e. The van der Waals surface area contributed by atoms with Crippen molar-refractivity contribution in [3.8, 4) is 0 Å². The summed E-state index contributed by atoms with van der Waals surface area (Å²) < 4.78 is 25.3. The van der Waals surface area contributed by atoms with Gasteiger partial charge >= 0.3 is 0 Å². The summed E-state index contributed by atoms with van der Waals surface area (Å²) in [5, 5.41) is 0. The highest BCUT2D eigenvalue weighted by Crippen LogP contribution is 2.43. The summed E-state index contributed by atoms with van der Waals surface area (Å²) in [6.07, 6.45) is 1.29. The predicted molar refractivity (Wildman–Crippen MR) is 56.0 cm³/mol. The Hall–Kier alpha value is -0.710. The van der Waals surface area contributed by atoms with Gasteiger partial charge in [0.15, 0.2) is 0 Å². The van der Waals surface area contributed by atoms with E-state index in [-0.39, 0.29) is 18.7 Å². The Kier molecular flexibility index (Phi) is 3.15. The molecule has 1 saturated carbocycles. The van der Waals surface area contributed by atoms with Crippen molar-refractivity contribution >= 4 is 5.91 Å². The minimum absolute atomic E-state index is 0.0820. The first kappa shape index (κ1) is 11.8. The Labute approximate surface area is 94.0 Å². The normalized spacial score (nSPS) is 26.6. The molecule has 2 fully saturated rings. The summed E-state index contributed by atoms with van der Waals surface area (Å²) in [7, 11) is 0. The number of hydrogen-bond acceptors (Lipinski definition) is 2. The van der Waals surface area contributed by atoms with Crippen LogP contribution >= 0.6 is 0 Å². The van der Waals surface area contributed by atoms with Gasteiger partial charge in [0.25, 0.3) is 0 Å². The van der Waals surface area contributed by atoms with Gasteiger partial charge in [0, 0.05) is 31.8 Å². The molecule has 0 aromatic carbocycles. The Balaban J connectivity index is 1.79. The van der Waals surface area contributed by atoms with Crippen molar-refractivity contribution < 1.29 is 13.6 Å². The van der Waals surface area contributed by atoms with Crippen LogP contribution in [0.2, 0.25) is 0 Å². The van der Waals surface area contributed by atoms with E-state index in [9.17, 15) is 13.6 Å². The third kappa shape index (κ3) is 2.34. The lowest BCUT2D eigenvalue weighted by molar-refractivity contribution is -0.160. The van der Waals surface area contributed by atoms with E-state index in [1.54, 1.807) is 4.90 Å². The van der Waals surface area contributed by atoms with Crippen molar-refractivity contribution in [3.63, 3.8) is 0 Å². The largest absolute Gasteiger partial charge is 0.342 e. The molecule has 0 unspecified atom stereocenters. The molecule has 2 aliphatic rings. The second-order valence-electron chi connectivity index (χ2n) is 4.97. The van der Waals surface area contributed by atoms with Gasteiger partial charge in [-0.15, -0.1) is 0 Å². The lowest BCUT2D eigenvalue weighted by Gasteiger charge is -2.39. The van der Waals surface area contributed by atoms with Gasteiger partial charge in [0.2, 0.25) is 11.8 Å². The molecule has 2 rings (SSSR count). The first-order valence-corrected chi connectivity index (χ1v) is 5.88. The molecule has 0 atom stereocenters. The maximum Gasteiger partial charge on any atom is 0.249 e. The second-order valence-corrected chi connectivity index (χ2v) is 4.97. The van der Waals surface area contributed by atoms with E-state index in [1.165, 1.54) is 0 Å². The highest BCUT2D eigenvalue weighted by Gasteiger charge is 2.49. The number of piperidine rings is 1. The van der Waals surface area contributed by atoms with Crippen molar-refractivity contribution in [2.75, 3.05) is 19.6 Å². The summed E-state index contributed by atoms with van der Waals surface area (Å²) in [6.45, 7) is 2.02. The molecule has 1 amide bonds.